The Morgan fingerprint density at radius 3 is 2.60 bits per heavy atom. The smallest absolute Gasteiger partial charge is 0.379 e. The third-order valence-corrected chi connectivity index (χ3v) is 7.05. The van der Waals surface area contributed by atoms with Gasteiger partial charge in [-0.3, -0.25) is 9.36 Å². The van der Waals surface area contributed by atoms with Gasteiger partial charge in [-0.1, -0.05) is 11.6 Å². The fourth-order valence-corrected chi connectivity index (χ4v) is 4.78. The van der Waals surface area contributed by atoms with Gasteiger partial charge in [0.1, 0.15) is 5.82 Å². The summed E-state index contributed by atoms with van der Waals surface area (Å²) in [5, 5.41) is 3.60. The lowest BCUT2D eigenvalue weighted by Crippen LogP contribution is -2.44. The van der Waals surface area contributed by atoms with E-state index in [-0.39, 0.29) is 17.9 Å². The monoisotopic (exact) mass is 507 g/mol. The first-order chi connectivity index (χ1) is 16.7. The summed E-state index contributed by atoms with van der Waals surface area (Å²) in [6.07, 6.45) is -1.54. The van der Waals surface area contributed by atoms with Crippen molar-refractivity contribution in [1.82, 2.24) is 19.9 Å². The summed E-state index contributed by atoms with van der Waals surface area (Å²) in [6, 6.07) is 6.03. The number of amides is 1. The number of nitrogens with zero attached hydrogens (tertiary/aromatic N) is 4. The number of imidazole rings is 1. The number of ether oxygens (including phenoxy) is 1. The van der Waals surface area contributed by atoms with Gasteiger partial charge in [0.25, 0.3) is 0 Å². The molecule has 0 radical (unpaired) electrons. The van der Waals surface area contributed by atoms with Crippen molar-refractivity contribution < 1.29 is 22.7 Å². The second kappa shape index (κ2) is 9.31. The number of nitrogens with one attached hydrogen (secondary N) is 1. The quantitative estimate of drug-likeness (QED) is 0.562. The minimum absolute atomic E-state index is 0.0421. The first-order valence-electron chi connectivity index (χ1n) is 11.6. The number of aryl methyl sites for hydroxylation is 1. The number of fused-ring (bicyclic) bond motifs is 1. The van der Waals surface area contributed by atoms with Gasteiger partial charge in [-0.15, -0.1) is 0 Å². The van der Waals surface area contributed by atoms with E-state index in [1.165, 1.54) is 6.07 Å². The SMILES string of the molecule is Cc1cc2nc(N3CCC(C(=O)N[C@@H]4CCOC4)CC3)n(-c3ccc(C(F)(F)F)cn3)c2cc1Cl. The van der Waals surface area contributed by atoms with Gasteiger partial charge < -0.3 is 15.0 Å². The average molecular weight is 508 g/mol. The predicted octanol–water partition coefficient (Wildman–Crippen LogP) is 4.52. The molecular weight excluding hydrogens is 483 g/mol. The molecule has 2 aromatic heterocycles. The number of pyridine rings is 1. The molecule has 11 heteroatoms. The number of alkyl halides is 3. The maximum atomic E-state index is 13.1. The minimum atomic E-state index is -4.47. The van der Waals surface area contributed by atoms with Crippen LogP contribution in [0.4, 0.5) is 19.1 Å². The van der Waals surface area contributed by atoms with Gasteiger partial charge in [0, 0.05) is 36.8 Å². The Balaban J connectivity index is 1.43. The van der Waals surface area contributed by atoms with Crippen LogP contribution in [-0.4, -0.2) is 52.8 Å². The molecule has 5 rings (SSSR count). The molecule has 0 aliphatic carbocycles. The molecule has 2 aliphatic heterocycles. The van der Waals surface area contributed by atoms with Gasteiger partial charge in [-0.2, -0.15) is 13.2 Å². The number of anilines is 1. The summed E-state index contributed by atoms with van der Waals surface area (Å²) in [4.78, 5) is 23.6. The van der Waals surface area contributed by atoms with E-state index in [0.29, 0.717) is 67.0 Å². The Morgan fingerprint density at radius 1 is 1.20 bits per heavy atom. The largest absolute Gasteiger partial charge is 0.417 e. The van der Waals surface area contributed by atoms with Crippen molar-refractivity contribution in [1.29, 1.82) is 0 Å². The average Bonchev–Trinajstić information content (AvgIpc) is 3.47. The standard InChI is InChI=1S/C24H25ClF3N5O2/c1-14-10-19-20(11-18(14)25)33(21-3-2-16(12-29-21)24(26,27)28)23(31-19)32-7-4-15(5-8-32)22(34)30-17-6-9-35-13-17/h2-3,10-12,15,17H,4-9,13H2,1H3,(H,30,34)/t17-/m1/s1. The molecule has 1 N–H and O–H groups in total. The summed E-state index contributed by atoms with van der Waals surface area (Å²) >= 11 is 6.37. The molecule has 4 heterocycles. The lowest BCUT2D eigenvalue weighted by molar-refractivity contribution is -0.137. The van der Waals surface area contributed by atoms with Gasteiger partial charge in [-0.05, 0) is 56.0 Å². The van der Waals surface area contributed by atoms with E-state index in [1.807, 2.05) is 17.9 Å². The fraction of sp³-hybridized carbons (Fsp3) is 0.458. The van der Waals surface area contributed by atoms with Crippen molar-refractivity contribution in [2.75, 3.05) is 31.2 Å². The van der Waals surface area contributed by atoms with Crippen LogP contribution in [-0.2, 0) is 15.7 Å². The van der Waals surface area contributed by atoms with Crippen molar-refractivity contribution in [3.8, 4) is 5.82 Å². The third kappa shape index (κ3) is 4.81. The Kier molecular flexibility index (Phi) is 6.35. The molecule has 0 saturated carbocycles. The van der Waals surface area contributed by atoms with Crippen molar-refractivity contribution >= 4 is 34.5 Å². The van der Waals surface area contributed by atoms with Crippen LogP contribution in [0.2, 0.25) is 5.02 Å². The summed E-state index contributed by atoms with van der Waals surface area (Å²) in [5.74, 6) is 0.819. The number of carbonyl (C=O) groups excluding carboxylic acids is 1. The topological polar surface area (TPSA) is 72.3 Å². The van der Waals surface area contributed by atoms with E-state index in [2.05, 4.69) is 10.3 Å². The first-order valence-corrected chi connectivity index (χ1v) is 11.9. The molecule has 2 saturated heterocycles. The summed E-state index contributed by atoms with van der Waals surface area (Å²) < 4.78 is 46.3. The molecule has 0 unspecified atom stereocenters. The zero-order valence-corrected chi connectivity index (χ0v) is 19.9. The third-order valence-electron chi connectivity index (χ3n) is 6.65. The van der Waals surface area contributed by atoms with E-state index < -0.39 is 11.7 Å². The number of hydrogen-bond acceptors (Lipinski definition) is 5. The lowest BCUT2D eigenvalue weighted by Gasteiger charge is -2.32. The number of hydrogen-bond donors (Lipinski definition) is 1. The van der Waals surface area contributed by atoms with Gasteiger partial charge >= 0.3 is 6.18 Å². The van der Waals surface area contributed by atoms with Gasteiger partial charge in [0.2, 0.25) is 11.9 Å². The molecule has 186 valence electrons. The molecule has 0 bridgehead atoms. The van der Waals surface area contributed by atoms with Crippen LogP contribution in [0.25, 0.3) is 16.9 Å². The first kappa shape index (κ1) is 23.9. The van der Waals surface area contributed by atoms with Crippen LogP contribution in [0.15, 0.2) is 30.5 Å². The van der Waals surface area contributed by atoms with E-state index in [9.17, 15) is 18.0 Å². The van der Waals surface area contributed by atoms with E-state index in [4.69, 9.17) is 21.3 Å². The maximum Gasteiger partial charge on any atom is 0.417 e. The highest BCUT2D eigenvalue weighted by atomic mass is 35.5. The number of carbonyl (C=O) groups is 1. The van der Waals surface area contributed by atoms with Crippen LogP contribution in [0, 0.1) is 12.8 Å². The number of piperidine rings is 1. The molecule has 3 aromatic rings. The molecule has 7 nitrogen and oxygen atoms in total. The van der Waals surface area contributed by atoms with Crippen molar-refractivity contribution in [2.45, 2.75) is 38.4 Å². The van der Waals surface area contributed by atoms with E-state index >= 15 is 0 Å². The number of benzene rings is 1. The molecule has 1 amide bonds. The lowest BCUT2D eigenvalue weighted by atomic mass is 9.95. The zero-order valence-electron chi connectivity index (χ0n) is 19.1. The van der Waals surface area contributed by atoms with Crippen molar-refractivity contribution in [3.05, 3.63) is 46.6 Å². The molecule has 1 atom stereocenters. The van der Waals surface area contributed by atoms with E-state index in [0.717, 1.165) is 24.2 Å². The normalized spacial score (nSPS) is 19.5. The highest BCUT2D eigenvalue weighted by Crippen LogP contribution is 2.34. The Bertz CT molecular complexity index is 1230. The number of rotatable bonds is 4. The Morgan fingerprint density at radius 2 is 1.97 bits per heavy atom. The van der Waals surface area contributed by atoms with E-state index in [1.54, 1.807) is 10.6 Å². The van der Waals surface area contributed by atoms with Crippen LogP contribution < -0.4 is 10.2 Å². The van der Waals surface area contributed by atoms with Crippen LogP contribution in [0.3, 0.4) is 0 Å². The summed E-state index contributed by atoms with van der Waals surface area (Å²) in [7, 11) is 0. The summed E-state index contributed by atoms with van der Waals surface area (Å²) in [5.41, 5.74) is 1.36. The zero-order chi connectivity index (χ0) is 24.7. The molecule has 2 aliphatic rings. The van der Waals surface area contributed by atoms with Gasteiger partial charge in [-0.25, -0.2) is 9.97 Å². The predicted molar refractivity (Wildman–Crippen MR) is 126 cm³/mol. The Hall–Kier alpha value is -2.85. The summed E-state index contributed by atoms with van der Waals surface area (Å²) in [6.45, 7) is 4.25. The minimum Gasteiger partial charge on any atom is -0.379 e. The van der Waals surface area contributed by atoms with Crippen LogP contribution in [0.5, 0.6) is 0 Å². The van der Waals surface area contributed by atoms with Crippen molar-refractivity contribution in [2.24, 2.45) is 5.92 Å². The van der Waals surface area contributed by atoms with Gasteiger partial charge in [0.05, 0.1) is 29.2 Å². The Labute approximate surface area is 205 Å². The molecule has 2 fully saturated rings. The fourth-order valence-electron chi connectivity index (χ4n) is 4.62. The molecule has 35 heavy (non-hydrogen) atoms. The second-order valence-electron chi connectivity index (χ2n) is 9.07. The van der Waals surface area contributed by atoms with Crippen LogP contribution >= 0.6 is 11.6 Å². The second-order valence-corrected chi connectivity index (χ2v) is 9.48. The van der Waals surface area contributed by atoms with Crippen molar-refractivity contribution in [3.63, 3.8) is 0 Å². The number of halogens is 4. The van der Waals surface area contributed by atoms with Gasteiger partial charge in [0.15, 0.2) is 0 Å². The van der Waals surface area contributed by atoms with Crippen LogP contribution in [0.1, 0.15) is 30.4 Å². The number of aromatic nitrogens is 3. The highest BCUT2D eigenvalue weighted by molar-refractivity contribution is 6.32. The molecule has 0 spiro atoms. The molecular formula is C24H25ClF3N5O2. The maximum absolute atomic E-state index is 13.1. The molecule has 1 aromatic carbocycles. The highest BCUT2D eigenvalue weighted by Gasteiger charge is 2.32.